The van der Waals surface area contributed by atoms with Crippen molar-refractivity contribution in [3.8, 4) is 0 Å². The molecule has 0 saturated heterocycles. The minimum atomic E-state index is -0.128. The summed E-state index contributed by atoms with van der Waals surface area (Å²) in [4.78, 5) is 22.5. The summed E-state index contributed by atoms with van der Waals surface area (Å²) < 4.78 is 0. The summed E-state index contributed by atoms with van der Waals surface area (Å²) in [5, 5.41) is 6.64. The van der Waals surface area contributed by atoms with Crippen LogP contribution in [0.4, 0.5) is 11.6 Å². The molecule has 0 unspecified atom stereocenters. The molecule has 0 radical (unpaired) electrons. The first-order valence-corrected chi connectivity index (χ1v) is 7.64. The van der Waals surface area contributed by atoms with Gasteiger partial charge >= 0.3 is 0 Å². The van der Waals surface area contributed by atoms with Crippen LogP contribution in [-0.2, 0) is 0 Å². The van der Waals surface area contributed by atoms with Crippen molar-refractivity contribution in [2.24, 2.45) is 0 Å². The topological polar surface area (TPSA) is 70.2 Å². The standard InChI is InChI=1S/C16H20ClN5O/c1-11-20-14(10-15(21-11)22(2)3)18-8-9-19-16(23)12-4-6-13(17)7-5-12/h4-7,10H,8-9H2,1-3H3,(H,19,23)(H,18,20,21). The van der Waals surface area contributed by atoms with Gasteiger partial charge in [0.15, 0.2) is 0 Å². The zero-order chi connectivity index (χ0) is 16.8. The summed E-state index contributed by atoms with van der Waals surface area (Å²) >= 11 is 5.80. The van der Waals surface area contributed by atoms with Gasteiger partial charge in [-0.15, -0.1) is 0 Å². The molecule has 2 rings (SSSR count). The Bertz CT molecular complexity index is 673. The molecule has 1 heterocycles. The van der Waals surface area contributed by atoms with Crippen LogP contribution in [0.15, 0.2) is 30.3 Å². The molecule has 0 aliphatic carbocycles. The van der Waals surface area contributed by atoms with Gasteiger partial charge in [-0.25, -0.2) is 9.97 Å². The third-order valence-corrected chi connectivity index (χ3v) is 3.36. The number of benzene rings is 1. The van der Waals surface area contributed by atoms with Crippen molar-refractivity contribution in [2.75, 3.05) is 37.4 Å². The lowest BCUT2D eigenvalue weighted by Crippen LogP contribution is -2.29. The van der Waals surface area contributed by atoms with Crippen LogP contribution >= 0.6 is 11.6 Å². The zero-order valence-electron chi connectivity index (χ0n) is 13.4. The van der Waals surface area contributed by atoms with E-state index in [4.69, 9.17) is 11.6 Å². The smallest absolute Gasteiger partial charge is 0.251 e. The van der Waals surface area contributed by atoms with E-state index < -0.39 is 0 Å². The lowest BCUT2D eigenvalue weighted by molar-refractivity contribution is 0.0955. The molecule has 0 atom stereocenters. The SMILES string of the molecule is Cc1nc(NCCNC(=O)c2ccc(Cl)cc2)cc(N(C)C)n1. The number of aryl methyl sites for hydroxylation is 1. The first kappa shape index (κ1) is 17.0. The minimum Gasteiger partial charge on any atom is -0.368 e. The monoisotopic (exact) mass is 333 g/mol. The van der Waals surface area contributed by atoms with Crippen LogP contribution in [-0.4, -0.2) is 43.1 Å². The van der Waals surface area contributed by atoms with Crippen LogP contribution in [0.3, 0.4) is 0 Å². The molecule has 2 aromatic rings. The van der Waals surface area contributed by atoms with Gasteiger partial charge in [-0.3, -0.25) is 4.79 Å². The first-order chi connectivity index (χ1) is 11.0. The van der Waals surface area contributed by atoms with Crippen LogP contribution in [0.5, 0.6) is 0 Å². The summed E-state index contributed by atoms with van der Waals surface area (Å²) in [6, 6.07) is 8.65. The summed E-state index contributed by atoms with van der Waals surface area (Å²) in [5.74, 6) is 2.15. The highest BCUT2D eigenvalue weighted by Gasteiger charge is 2.05. The van der Waals surface area contributed by atoms with Gasteiger partial charge in [0.05, 0.1) is 0 Å². The number of carbonyl (C=O) groups is 1. The number of aromatic nitrogens is 2. The number of amides is 1. The van der Waals surface area contributed by atoms with Gasteiger partial charge in [0.25, 0.3) is 5.91 Å². The Morgan fingerprint density at radius 2 is 1.87 bits per heavy atom. The molecule has 2 N–H and O–H groups in total. The van der Waals surface area contributed by atoms with Crippen LogP contribution in [0.1, 0.15) is 16.2 Å². The highest BCUT2D eigenvalue weighted by Crippen LogP contribution is 2.13. The molecule has 1 amide bonds. The second-order valence-corrected chi connectivity index (χ2v) is 5.68. The quantitative estimate of drug-likeness (QED) is 0.794. The summed E-state index contributed by atoms with van der Waals surface area (Å²) in [5.41, 5.74) is 0.585. The molecular weight excluding hydrogens is 314 g/mol. The zero-order valence-corrected chi connectivity index (χ0v) is 14.2. The number of hydrogen-bond donors (Lipinski definition) is 2. The van der Waals surface area contributed by atoms with Gasteiger partial charge in [0.1, 0.15) is 17.5 Å². The highest BCUT2D eigenvalue weighted by atomic mass is 35.5. The summed E-state index contributed by atoms with van der Waals surface area (Å²) in [7, 11) is 3.86. The van der Waals surface area contributed by atoms with Gasteiger partial charge in [-0.05, 0) is 31.2 Å². The largest absolute Gasteiger partial charge is 0.368 e. The van der Waals surface area contributed by atoms with E-state index in [1.54, 1.807) is 24.3 Å². The van der Waals surface area contributed by atoms with E-state index in [9.17, 15) is 4.79 Å². The van der Waals surface area contributed by atoms with Crippen LogP contribution < -0.4 is 15.5 Å². The van der Waals surface area contributed by atoms with Crippen molar-refractivity contribution < 1.29 is 4.79 Å². The van der Waals surface area contributed by atoms with Crippen molar-refractivity contribution in [1.29, 1.82) is 0 Å². The van der Waals surface area contributed by atoms with Gasteiger partial charge in [-0.1, -0.05) is 11.6 Å². The van der Waals surface area contributed by atoms with E-state index in [0.29, 0.717) is 29.5 Å². The number of halogens is 1. The van der Waals surface area contributed by atoms with Crippen LogP contribution in [0.2, 0.25) is 5.02 Å². The Morgan fingerprint density at radius 3 is 2.52 bits per heavy atom. The van der Waals surface area contributed by atoms with Crippen LogP contribution in [0, 0.1) is 6.92 Å². The minimum absolute atomic E-state index is 0.128. The second-order valence-electron chi connectivity index (χ2n) is 5.24. The molecule has 0 aliphatic rings. The molecule has 7 heteroatoms. The normalized spacial score (nSPS) is 10.3. The molecule has 122 valence electrons. The molecule has 1 aromatic carbocycles. The van der Waals surface area contributed by atoms with E-state index in [1.165, 1.54) is 0 Å². The Hall–Kier alpha value is -2.34. The molecule has 0 spiro atoms. The van der Waals surface area contributed by atoms with Gasteiger partial charge in [0, 0.05) is 43.8 Å². The third-order valence-electron chi connectivity index (χ3n) is 3.11. The fourth-order valence-electron chi connectivity index (χ4n) is 1.94. The fourth-order valence-corrected chi connectivity index (χ4v) is 2.07. The maximum absolute atomic E-state index is 12.0. The fraction of sp³-hybridized carbons (Fsp3) is 0.312. The molecule has 1 aromatic heterocycles. The van der Waals surface area contributed by atoms with E-state index >= 15 is 0 Å². The maximum atomic E-state index is 12.0. The number of rotatable bonds is 6. The average molecular weight is 334 g/mol. The van der Waals surface area contributed by atoms with E-state index in [0.717, 1.165) is 11.6 Å². The molecular formula is C16H20ClN5O. The average Bonchev–Trinajstić information content (AvgIpc) is 2.51. The van der Waals surface area contributed by atoms with Gasteiger partial charge in [0.2, 0.25) is 0 Å². The number of hydrogen-bond acceptors (Lipinski definition) is 5. The van der Waals surface area contributed by atoms with E-state index in [-0.39, 0.29) is 5.91 Å². The number of nitrogens with one attached hydrogen (secondary N) is 2. The highest BCUT2D eigenvalue weighted by molar-refractivity contribution is 6.30. The molecule has 0 fully saturated rings. The van der Waals surface area contributed by atoms with Crippen molar-refractivity contribution >= 4 is 29.1 Å². The Morgan fingerprint density at radius 1 is 1.17 bits per heavy atom. The van der Waals surface area contributed by atoms with Crippen molar-refractivity contribution in [2.45, 2.75) is 6.92 Å². The number of anilines is 2. The molecule has 0 aliphatic heterocycles. The van der Waals surface area contributed by atoms with Crippen molar-refractivity contribution in [3.63, 3.8) is 0 Å². The molecule has 6 nitrogen and oxygen atoms in total. The second kappa shape index (κ2) is 7.78. The van der Waals surface area contributed by atoms with Crippen molar-refractivity contribution in [3.05, 3.63) is 46.7 Å². The van der Waals surface area contributed by atoms with Gasteiger partial charge < -0.3 is 15.5 Å². The predicted octanol–water partition coefficient (Wildman–Crippen LogP) is 2.35. The summed E-state index contributed by atoms with van der Waals surface area (Å²) in [6.07, 6.45) is 0. The lowest BCUT2D eigenvalue weighted by atomic mass is 10.2. The Kier molecular flexibility index (Phi) is 5.76. The Labute approximate surface area is 140 Å². The number of carbonyl (C=O) groups excluding carboxylic acids is 1. The Balaban J connectivity index is 1.83. The third kappa shape index (κ3) is 5.10. The summed E-state index contributed by atoms with van der Waals surface area (Å²) in [6.45, 7) is 2.91. The number of nitrogens with zero attached hydrogens (tertiary/aromatic N) is 3. The predicted molar refractivity (Wildman–Crippen MR) is 93.4 cm³/mol. The van der Waals surface area contributed by atoms with E-state index in [2.05, 4.69) is 20.6 Å². The maximum Gasteiger partial charge on any atom is 0.251 e. The first-order valence-electron chi connectivity index (χ1n) is 7.26. The van der Waals surface area contributed by atoms with E-state index in [1.807, 2.05) is 32.0 Å². The van der Waals surface area contributed by atoms with Crippen LogP contribution in [0.25, 0.3) is 0 Å². The van der Waals surface area contributed by atoms with Crippen molar-refractivity contribution in [1.82, 2.24) is 15.3 Å². The lowest BCUT2D eigenvalue weighted by Gasteiger charge is -2.14. The molecule has 0 saturated carbocycles. The van der Waals surface area contributed by atoms with Gasteiger partial charge in [-0.2, -0.15) is 0 Å². The molecule has 0 bridgehead atoms. The molecule has 23 heavy (non-hydrogen) atoms.